The van der Waals surface area contributed by atoms with Crippen LogP contribution in [0.5, 0.6) is 0 Å². The lowest BCUT2D eigenvalue weighted by Crippen LogP contribution is -2.13. The van der Waals surface area contributed by atoms with Crippen molar-refractivity contribution in [1.82, 2.24) is 0 Å². The number of hydrogen-bond acceptors (Lipinski definition) is 0. The third-order valence-electron chi connectivity index (χ3n) is 0. The van der Waals surface area contributed by atoms with Gasteiger partial charge in [0.25, 0.3) is 0 Å². The highest BCUT2D eigenvalue weighted by Gasteiger charge is 2.25. The zero-order valence-corrected chi connectivity index (χ0v) is 4.13. The van der Waals surface area contributed by atoms with Crippen LogP contribution in [0, 0.1) is 0 Å². The first kappa shape index (κ1) is 5.22. The van der Waals surface area contributed by atoms with Crippen LogP contribution in [0.1, 0.15) is 0 Å². The van der Waals surface area contributed by atoms with Gasteiger partial charge in [-0.25, -0.2) is 12.3 Å². The summed E-state index contributed by atoms with van der Waals surface area (Å²) in [6.07, 6.45) is 0. The summed E-state index contributed by atoms with van der Waals surface area (Å²) in [5.41, 5.74) is 0. The van der Waals surface area contributed by atoms with E-state index in [1.165, 1.54) is 0 Å². The molecule has 0 saturated heterocycles. The van der Waals surface area contributed by atoms with E-state index in [4.69, 9.17) is 0 Å². The molecule has 0 aliphatic carbocycles. The average molecular weight is 113 g/mol. The van der Waals surface area contributed by atoms with E-state index in [1.54, 1.807) is 9.76 Å². The van der Waals surface area contributed by atoms with E-state index in [2.05, 4.69) is 0 Å². The molecule has 0 aliphatic heterocycles. The Kier molecular flexibility index (Phi) is 1.18. The minimum absolute atomic E-state index is 1.56. The van der Waals surface area contributed by atoms with Gasteiger partial charge in [-0.05, 0) is 0 Å². The van der Waals surface area contributed by atoms with Gasteiger partial charge >= 0.3 is 8.59 Å². The third-order valence-corrected chi connectivity index (χ3v) is 0. The highest BCUT2D eigenvalue weighted by atomic mass is 29.2. The fourth-order valence-corrected chi connectivity index (χ4v) is 0. The second-order valence-electron chi connectivity index (χ2n) is 0.498. The lowest BCUT2D eigenvalue weighted by molar-refractivity contribution is 0.516. The molecule has 0 atom stereocenters. The molecule has 0 saturated carbocycles. The molecule has 0 aromatic heterocycles. The quantitative estimate of drug-likeness (QED) is 0.317. The molecule has 0 bridgehead atoms. The first-order valence-corrected chi connectivity index (χ1v) is 3.95. The summed E-state index contributed by atoms with van der Waals surface area (Å²) in [4.78, 5) is 0. The Morgan fingerprint density at radius 3 is 1.20 bits per heavy atom. The van der Waals surface area contributed by atoms with Crippen LogP contribution in [0.3, 0.4) is 0 Å². The highest BCUT2D eigenvalue weighted by Crippen LogP contribution is 1.98. The Morgan fingerprint density at radius 1 is 1.20 bits per heavy atom. The molecular weight excluding hydrogens is 113 g/mol. The molecule has 0 heterocycles. The lowest BCUT2D eigenvalue weighted by Gasteiger charge is -1.82. The summed E-state index contributed by atoms with van der Waals surface area (Å²) in [6.45, 7) is 0. The van der Waals surface area contributed by atoms with Crippen molar-refractivity contribution in [3.63, 3.8) is 0 Å². The number of halogens is 3. The summed E-state index contributed by atoms with van der Waals surface area (Å²) >= 11 is 0. The topological polar surface area (TPSA) is 0 Å². The molecule has 3 radical (unpaired) electrons. The number of hydrogen-bond donors (Lipinski definition) is 0. The van der Waals surface area contributed by atoms with Crippen molar-refractivity contribution < 1.29 is 12.3 Å². The average Bonchev–Trinajstić information content (AvgIpc) is 0.722. The predicted molar refractivity (Wildman–Crippen MR) is 14.8 cm³/mol. The fourth-order valence-electron chi connectivity index (χ4n) is 0. The van der Waals surface area contributed by atoms with Crippen molar-refractivity contribution >= 4 is 18.4 Å². The molecule has 29 valence electrons. The van der Waals surface area contributed by atoms with Gasteiger partial charge < -0.3 is 0 Å². The van der Waals surface area contributed by atoms with Crippen LogP contribution in [-0.4, -0.2) is 18.4 Å². The van der Waals surface area contributed by atoms with Crippen LogP contribution < -0.4 is 0 Å². The molecule has 0 spiro atoms. The molecule has 0 fully saturated rings. The van der Waals surface area contributed by atoms with Gasteiger partial charge in [-0.2, -0.15) is 0 Å². The second-order valence-corrected chi connectivity index (χ2v) is 3.19. The minimum atomic E-state index is -5.31. The zero-order valence-electron chi connectivity index (χ0n) is 2.13. The van der Waals surface area contributed by atoms with Crippen LogP contribution in [0.25, 0.3) is 0 Å². The van der Waals surface area contributed by atoms with E-state index >= 15 is 0 Å². The van der Waals surface area contributed by atoms with E-state index in [1.807, 2.05) is 0 Å². The van der Waals surface area contributed by atoms with Crippen LogP contribution in [0.4, 0.5) is 12.3 Å². The van der Waals surface area contributed by atoms with Crippen molar-refractivity contribution in [1.29, 1.82) is 0 Å². The Morgan fingerprint density at radius 2 is 1.20 bits per heavy atom. The standard InChI is InChI=1S/F3Si2/c1-5(2,3)4. The normalized spacial score (nSPS) is 12.0. The van der Waals surface area contributed by atoms with Gasteiger partial charge in [0.15, 0.2) is 9.76 Å². The molecule has 0 aromatic rings. The molecule has 0 N–H and O–H groups in total. The van der Waals surface area contributed by atoms with Crippen LogP contribution in [-0.2, 0) is 0 Å². The Bertz CT molecular complexity index is 20.4. The summed E-state index contributed by atoms with van der Waals surface area (Å²) in [5.74, 6) is 0. The van der Waals surface area contributed by atoms with Gasteiger partial charge in [-0.3, -0.25) is 0 Å². The highest BCUT2D eigenvalue weighted by molar-refractivity contribution is 7.04. The molecule has 0 rings (SSSR count). The maximum Gasteiger partial charge on any atom is 0.572 e. The first-order valence-electron chi connectivity index (χ1n) is 0.817. The van der Waals surface area contributed by atoms with Crippen molar-refractivity contribution in [2.24, 2.45) is 0 Å². The molecule has 0 aromatic carbocycles. The van der Waals surface area contributed by atoms with E-state index in [0.717, 1.165) is 0 Å². The van der Waals surface area contributed by atoms with E-state index < -0.39 is 8.59 Å². The minimum Gasteiger partial charge on any atom is -0.242 e. The van der Waals surface area contributed by atoms with Crippen molar-refractivity contribution in [2.45, 2.75) is 0 Å². The summed E-state index contributed by atoms with van der Waals surface area (Å²) in [6, 6.07) is 0. The molecule has 0 amide bonds. The zero-order chi connectivity index (χ0) is 4.50. The largest absolute Gasteiger partial charge is 0.572 e. The maximum atomic E-state index is 10.4. The summed E-state index contributed by atoms with van der Waals surface area (Å²) in [5, 5.41) is 0. The van der Waals surface area contributed by atoms with Gasteiger partial charge in [-0.15, -0.1) is 0 Å². The van der Waals surface area contributed by atoms with Gasteiger partial charge in [0.2, 0.25) is 0 Å². The van der Waals surface area contributed by atoms with Crippen LogP contribution in [0.15, 0.2) is 0 Å². The molecule has 0 aliphatic rings. The predicted octanol–water partition coefficient (Wildman–Crippen LogP) is 0.499. The summed E-state index contributed by atoms with van der Waals surface area (Å²) < 4.78 is 31.2. The Labute approximate surface area is 31.7 Å². The molecular formula is F3Si2. The van der Waals surface area contributed by atoms with Crippen molar-refractivity contribution in [3.05, 3.63) is 0 Å². The summed E-state index contributed by atoms with van der Waals surface area (Å²) in [7, 11) is -3.75. The first-order chi connectivity index (χ1) is 2.00. The molecule has 0 nitrogen and oxygen atoms in total. The monoisotopic (exact) mass is 113 g/mol. The van der Waals surface area contributed by atoms with Crippen molar-refractivity contribution in [3.8, 4) is 0 Å². The lowest BCUT2D eigenvalue weighted by atomic mass is 18.7. The van der Waals surface area contributed by atoms with Crippen LogP contribution >= 0.6 is 0 Å². The Balaban J connectivity index is 3.02. The van der Waals surface area contributed by atoms with Gasteiger partial charge in [0.1, 0.15) is 0 Å². The molecule has 5 heavy (non-hydrogen) atoms. The van der Waals surface area contributed by atoms with Gasteiger partial charge in [0, 0.05) is 0 Å². The third kappa shape index (κ3) is 417. The molecule has 5 heteroatoms. The number of rotatable bonds is 0. The van der Waals surface area contributed by atoms with E-state index in [0.29, 0.717) is 0 Å². The van der Waals surface area contributed by atoms with E-state index in [9.17, 15) is 12.3 Å². The second kappa shape index (κ2) is 1.13. The Hall–Kier alpha value is 0.224. The van der Waals surface area contributed by atoms with Gasteiger partial charge in [-0.1, -0.05) is 0 Å². The van der Waals surface area contributed by atoms with Gasteiger partial charge in [0.05, 0.1) is 0 Å². The van der Waals surface area contributed by atoms with Crippen molar-refractivity contribution in [2.75, 3.05) is 0 Å². The van der Waals surface area contributed by atoms with E-state index in [-0.39, 0.29) is 0 Å². The SMILES string of the molecule is F[Si](F)(F)[Si]. The fraction of sp³-hybridized carbons (Fsp3) is 0. The maximum absolute atomic E-state index is 10.4. The smallest absolute Gasteiger partial charge is 0.242 e. The molecule has 0 unspecified atom stereocenters. The van der Waals surface area contributed by atoms with Crippen LogP contribution in [0.2, 0.25) is 0 Å².